The van der Waals surface area contributed by atoms with Gasteiger partial charge in [-0.25, -0.2) is 0 Å². The standard InChI is InChI=1S/C24H35NO5/c1-5-7-9-10-11-12-15-25-21-17-19(29-16-8-6-2)13-14-20(21)22(28-4)23(24(25)27)30-18(3)26/h13-14,17H,5-12,15-16H2,1-4H3. The van der Waals surface area contributed by atoms with E-state index in [4.69, 9.17) is 14.2 Å². The highest BCUT2D eigenvalue weighted by atomic mass is 16.6. The Hall–Kier alpha value is -2.50. The number of carbonyl (C=O) groups is 1. The van der Waals surface area contributed by atoms with Gasteiger partial charge in [-0.3, -0.25) is 9.59 Å². The molecule has 2 aromatic rings. The topological polar surface area (TPSA) is 66.8 Å². The number of unbranched alkanes of at least 4 members (excludes halogenated alkanes) is 6. The zero-order valence-electron chi connectivity index (χ0n) is 18.8. The lowest BCUT2D eigenvalue weighted by Gasteiger charge is -2.17. The van der Waals surface area contributed by atoms with E-state index in [-0.39, 0.29) is 17.1 Å². The highest BCUT2D eigenvalue weighted by Crippen LogP contribution is 2.34. The van der Waals surface area contributed by atoms with Gasteiger partial charge in [-0.2, -0.15) is 0 Å². The molecule has 6 heteroatoms. The summed E-state index contributed by atoms with van der Waals surface area (Å²) >= 11 is 0. The van der Waals surface area contributed by atoms with Crippen molar-refractivity contribution in [2.75, 3.05) is 13.7 Å². The number of aromatic nitrogens is 1. The number of nitrogens with zero attached hydrogens (tertiary/aromatic N) is 1. The summed E-state index contributed by atoms with van der Waals surface area (Å²) < 4.78 is 18.3. The van der Waals surface area contributed by atoms with Crippen molar-refractivity contribution in [2.45, 2.75) is 78.7 Å². The Bertz CT molecular complexity index is 887. The van der Waals surface area contributed by atoms with Gasteiger partial charge in [-0.05, 0) is 25.0 Å². The predicted molar refractivity (Wildman–Crippen MR) is 120 cm³/mol. The maximum Gasteiger partial charge on any atom is 0.308 e. The van der Waals surface area contributed by atoms with Crippen LogP contribution >= 0.6 is 0 Å². The van der Waals surface area contributed by atoms with Crippen LogP contribution in [0.3, 0.4) is 0 Å². The van der Waals surface area contributed by atoms with E-state index in [0.717, 1.165) is 43.0 Å². The summed E-state index contributed by atoms with van der Waals surface area (Å²) in [6.45, 7) is 6.78. The number of hydrogen-bond acceptors (Lipinski definition) is 5. The Morgan fingerprint density at radius 1 is 0.967 bits per heavy atom. The average molecular weight is 418 g/mol. The largest absolute Gasteiger partial charge is 0.494 e. The zero-order chi connectivity index (χ0) is 21.9. The Morgan fingerprint density at radius 3 is 2.33 bits per heavy atom. The molecule has 0 saturated carbocycles. The Morgan fingerprint density at radius 2 is 1.67 bits per heavy atom. The van der Waals surface area contributed by atoms with Crippen LogP contribution < -0.4 is 19.8 Å². The first-order valence-electron chi connectivity index (χ1n) is 11.1. The van der Waals surface area contributed by atoms with Crippen LogP contribution in [0.2, 0.25) is 0 Å². The molecule has 1 heterocycles. The highest BCUT2D eigenvalue weighted by Gasteiger charge is 2.21. The second-order valence-electron chi connectivity index (χ2n) is 7.56. The molecule has 0 aliphatic heterocycles. The molecule has 0 amide bonds. The summed E-state index contributed by atoms with van der Waals surface area (Å²) in [4.78, 5) is 24.8. The molecule has 0 N–H and O–H groups in total. The first-order valence-corrected chi connectivity index (χ1v) is 11.1. The number of benzene rings is 1. The maximum absolute atomic E-state index is 13.2. The van der Waals surface area contributed by atoms with E-state index in [0.29, 0.717) is 18.9 Å². The van der Waals surface area contributed by atoms with Gasteiger partial charge in [0, 0.05) is 24.9 Å². The third-order valence-corrected chi connectivity index (χ3v) is 5.10. The molecule has 0 saturated heterocycles. The molecule has 6 nitrogen and oxygen atoms in total. The van der Waals surface area contributed by atoms with E-state index in [1.165, 1.54) is 33.3 Å². The molecule has 0 fully saturated rings. The molecule has 2 rings (SSSR count). The predicted octanol–water partition coefficient (Wildman–Crippen LogP) is 5.47. The van der Waals surface area contributed by atoms with Gasteiger partial charge in [0.2, 0.25) is 5.75 Å². The second-order valence-corrected chi connectivity index (χ2v) is 7.56. The summed E-state index contributed by atoms with van der Waals surface area (Å²) in [5.41, 5.74) is 0.379. The van der Waals surface area contributed by atoms with Crippen molar-refractivity contribution in [2.24, 2.45) is 0 Å². The third kappa shape index (κ3) is 6.25. The van der Waals surface area contributed by atoms with Crippen LogP contribution in [0.15, 0.2) is 23.0 Å². The van der Waals surface area contributed by atoms with Crippen molar-refractivity contribution >= 4 is 16.9 Å². The van der Waals surface area contributed by atoms with E-state index in [9.17, 15) is 9.59 Å². The number of ether oxygens (including phenoxy) is 3. The van der Waals surface area contributed by atoms with Crippen molar-refractivity contribution in [3.63, 3.8) is 0 Å². The van der Waals surface area contributed by atoms with Gasteiger partial charge in [0.15, 0.2) is 5.75 Å². The molecule has 166 valence electrons. The van der Waals surface area contributed by atoms with Gasteiger partial charge in [-0.1, -0.05) is 52.4 Å². The molecule has 0 aliphatic rings. The molecule has 30 heavy (non-hydrogen) atoms. The lowest BCUT2D eigenvalue weighted by atomic mass is 10.1. The minimum absolute atomic E-state index is 0.0527. The minimum atomic E-state index is -0.546. The zero-order valence-corrected chi connectivity index (χ0v) is 18.8. The Labute approximate surface area is 179 Å². The van der Waals surface area contributed by atoms with Gasteiger partial charge in [0.25, 0.3) is 5.56 Å². The normalized spacial score (nSPS) is 10.9. The van der Waals surface area contributed by atoms with Gasteiger partial charge in [-0.15, -0.1) is 0 Å². The van der Waals surface area contributed by atoms with Crippen LogP contribution in [0.25, 0.3) is 10.9 Å². The number of hydrogen-bond donors (Lipinski definition) is 0. The number of carbonyl (C=O) groups excluding carboxylic acids is 1. The lowest BCUT2D eigenvalue weighted by Crippen LogP contribution is -2.24. The van der Waals surface area contributed by atoms with Crippen LogP contribution in [-0.2, 0) is 11.3 Å². The summed E-state index contributed by atoms with van der Waals surface area (Å²) in [7, 11) is 1.48. The summed E-state index contributed by atoms with van der Waals surface area (Å²) in [6, 6.07) is 5.60. The first kappa shape index (κ1) is 23.8. The van der Waals surface area contributed by atoms with E-state index < -0.39 is 5.97 Å². The maximum atomic E-state index is 13.2. The number of pyridine rings is 1. The van der Waals surface area contributed by atoms with E-state index >= 15 is 0 Å². The van der Waals surface area contributed by atoms with Crippen molar-refractivity contribution in [1.29, 1.82) is 0 Å². The number of esters is 1. The third-order valence-electron chi connectivity index (χ3n) is 5.10. The quantitative estimate of drug-likeness (QED) is 0.319. The molecule has 0 radical (unpaired) electrons. The number of methoxy groups -OCH3 is 1. The molecule has 1 aromatic carbocycles. The van der Waals surface area contributed by atoms with Crippen molar-refractivity contribution < 1.29 is 19.0 Å². The number of aryl methyl sites for hydroxylation is 1. The molecule has 0 unspecified atom stereocenters. The molecule has 0 atom stereocenters. The van der Waals surface area contributed by atoms with Crippen molar-refractivity contribution in [3.8, 4) is 17.2 Å². The fourth-order valence-corrected chi connectivity index (χ4v) is 3.51. The average Bonchev–Trinajstić information content (AvgIpc) is 2.73. The van der Waals surface area contributed by atoms with Crippen LogP contribution in [0.1, 0.15) is 72.1 Å². The molecular formula is C24H35NO5. The van der Waals surface area contributed by atoms with Gasteiger partial charge < -0.3 is 18.8 Å². The van der Waals surface area contributed by atoms with Gasteiger partial charge >= 0.3 is 5.97 Å². The Kier molecular flexibility index (Phi) is 9.71. The summed E-state index contributed by atoms with van der Waals surface area (Å²) in [5.74, 6) is 0.400. The monoisotopic (exact) mass is 417 g/mol. The van der Waals surface area contributed by atoms with E-state index in [2.05, 4.69) is 13.8 Å². The fourth-order valence-electron chi connectivity index (χ4n) is 3.51. The minimum Gasteiger partial charge on any atom is -0.494 e. The first-order chi connectivity index (χ1) is 14.5. The molecular weight excluding hydrogens is 382 g/mol. The Balaban J connectivity index is 2.43. The van der Waals surface area contributed by atoms with E-state index in [1.807, 2.05) is 18.2 Å². The smallest absolute Gasteiger partial charge is 0.308 e. The molecule has 0 aliphatic carbocycles. The SMILES string of the molecule is CCCCCCCCn1c(=O)c(OC(C)=O)c(OC)c2ccc(OCCCC)cc21. The van der Waals surface area contributed by atoms with Crippen LogP contribution in [0, 0.1) is 0 Å². The van der Waals surface area contributed by atoms with Gasteiger partial charge in [0.05, 0.1) is 19.2 Å². The van der Waals surface area contributed by atoms with Crippen LogP contribution in [0.4, 0.5) is 0 Å². The molecule has 0 spiro atoms. The summed E-state index contributed by atoms with van der Waals surface area (Å²) in [5, 5.41) is 0.724. The van der Waals surface area contributed by atoms with E-state index in [1.54, 1.807) is 4.57 Å². The van der Waals surface area contributed by atoms with Crippen molar-refractivity contribution in [3.05, 3.63) is 28.6 Å². The summed E-state index contributed by atoms with van der Waals surface area (Å²) in [6.07, 6.45) is 8.76. The second kappa shape index (κ2) is 12.3. The fraction of sp³-hybridized carbons (Fsp3) is 0.583. The highest BCUT2D eigenvalue weighted by molar-refractivity contribution is 5.90. The van der Waals surface area contributed by atoms with Crippen LogP contribution in [-0.4, -0.2) is 24.3 Å². The molecule has 0 bridgehead atoms. The lowest BCUT2D eigenvalue weighted by molar-refractivity contribution is -0.132. The van der Waals surface area contributed by atoms with Gasteiger partial charge in [0.1, 0.15) is 5.75 Å². The number of fused-ring (bicyclic) bond motifs is 1. The number of rotatable bonds is 13. The molecule has 1 aromatic heterocycles. The van der Waals surface area contributed by atoms with Crippen molar-refractivity contribution in [1.82, 2.24) is 4.57 Å². The van der Waals surface area contributed by atoms with Crippen LogP contribution in [0.5, 0.6) is 17.2 Å².